The second-order valence-electron chi connectivity index (χ2n) is 4.47. The number of hydrogen-bond acceptors (Lipinski definition) is 3. The van der Waals surface area contributed by atoms with Crippen LogP contribution in [0.4, 0.5) is 5.69 Å². The predicted molar refractivity (Wildman–Crippen MR) is 87.8 cm³/mol. The smallest absolute Gasteiger partial charge is 0.193 e. The summed E-state index contributed by atoms with van der Waals surface area (Å²) in [5.74, 6) is 0.881. The molecule has 0 aliphatic rings. The number of fused-ring (bicyclic) bond motifs is 1. The van der Waals surface area contributed by atoms with Gasteiger partial charge < -0.3 is 10.2 Å². The van der Waals surface area contributed by atoms with Crippen LogP contribution in [0.15, 0.2) is 69.9 Å². The fraction of sp³-hybridized carbons (Fsp3) is 0.0588. The van der Waals surface area contributed by atoms with Gasteiger partial charge in [-0.05, 0) is 25.1 Å². The van der Waals surface area contributed by atoms with Crippen molar-refractivity contribution < 1.29 is 4.42 Å². The highest BCUT2D eigenvalue weighted by Gasteiger charge is 2.07. The van der Waals surface area contributed by atoms with E-state index in [1.165, 1.54) is 6.07 Å². The van der Waals surface area contributed by atoms with Gasteiger partial charge in [-0.25, -0.2) is 4.99 Å². The van der Waals surface area contributed by atoms with Gasteiger partial charge in [-0.2, -0.15) is 0 Å². The molecule has 0 fully saturated rings. The second-order valence-corrected chi connectivity index (χ2v) is 4.47. The number of nitrogens with two attached hydrogens (primary N) is 1. The minimum atomic E-state index is -0.144. The average Bonchev–Trinajstić information content (AvgIpc) is 2.44. The summed E-state index contributed by atoms with van der Waals surface area (Å²) in [5, 5.41) is 0.461. The van der Waals surface area contributed by atoms with Crippen LogP contribution in [0.2, 0.25) is 0 Å². The van der Waals surface area contributed by atoms with E-state index in [1.54, 1.807) is 43.4 Å². The Kier molecular flexibility index (Phi) is 4.18. The van der Waals surface area contributed by atoms with Crippen molar-refractivity contribution in [2.75, 3.05) is 0 Å². The molecule has 2 rings (SSSR count). The highest BCUT2D eigenvalue weighted by Crippen LogP contribution is 2.23. The number of hydrogen-bond donors (Lipinski definition) is 1. The van der Waals surface area contributed by atoms with Crippen molar-refractivity contribution in [3.05, 3.63) is 71.6 Å². The van der Waals surface area contributed by atoms with Crippen LogP contribution in [0.3, 0.4) is 0 Å². The van der Waals surface area contributed by atoms with E-state index in [9.17, 15) is 4.79 Å². The van der Waals surface area contributed by atoms with Crippen LogP contribution in [0.25, 0.3) is 16.5 Å². The molecule has 0 unspecified atom stereocenters. The summed E-state index contributed by atoms with van der Waals surface area (Å²) in [6.07, 6.45) is 4.96. The summed E-state index contributed by atoms with van der Waals surface area (Å²) < 4.78 is 5.74. The minimum Gasteiger partial charge on any atom is -0.456 e. The molecule has 0 aliphatic heterocycles. The van der Waals surface area contributed by atoms with Crippen LogP contribution in [0.5, 0.6) is 0 Å². The van der Waals surface area contributed by atoms with Crippen molar-refractivity contribution in [1.82, 2.24) is 0 Å². The molecule has 2 N–H and O–H groups in total. The predicted octanol–water partition coefficient (Wildman–Crippen LogP) is 3.56. The molecule has 1 aromatic heterocycles. The molecule has 0 spiro atoms. The summed E-state index contributed by atoms with van der Waals surface area (Å²) in [4.78, 5) is 16.4. The van der Waals surface area contributed by atoms with Crippen molar-refractivity contribution >= 4 is 28.1 Å². The van der Waals surface area contributed by atoms with Crippen molar-refractivity contribution in [3.63, 3.8) is 0 Å². The standard InChI is InChI=1S/C17H16N2O2/c1-4-6-12(5-2)17-10-15(20)14-9-13(19-11(3)18)7-8-16(14)21-17/h4-10H,1-2H2,3H3,(H2,18,19)/b12-6+. The van der Waals surface area contributed by atoms with Crippen molar-refractivity contribution in [2.24, 2.45) is 10.7 Å². The zero-order valence-electron chi connectivity index (χ0n) is 11.8. The van der Waals surface area contributed by atoms with Gasteiger partial charge in [0.25, 0.3) is 0 Å². The van der Waals surface area contributed by atoms with Crippen LogP contribution in [-0.2, 0) is 0 Å². The summed E-state index contributed by atoms with van der Waals surface area (Å²) in [6, 6.07) is 6.54. The Morgan fingerprint density at radius 3 is 2.71 bits per heavy atom. The molecular formula is C17H16N2O2. The van der Waals surface area contributed by atoms with E-state index < -0.39 is 0 Å². The van der Waals surface area contributed by atoms with E-state index in [0.29, 0.717) is 33.8 Å². The van der Waals surface area contributed by atoms with Gasteiger partial charge in [0, 0.05) is 11.6 Å². The summed E-state index contributed by atoms with van der Waals surface area (Å²) in [6.45, 7) is 9.02. The number of aliphatic imine (C=N–C) groups is 1. The topological polar surface area (TPSA) is 68.6 Å². The van der Waals surface area contributed by atoms with Gasteiger partial charge in [0.05, 0.1) is 16.9 Å². The van der Waals surface area contributed by atoms with Gasteiger partial charge in [0.15, 0.2) is 5.43 Å². The van der Waals surface area contributed by atoms with Crippen molar-refractivity contribution in [3.8, 4) is 0 Å². The molecule has 1 heterocycles. The van der Waals surface area contributed by atoms with E-state index in [-0.39, 0.29) is 5.43 Å². The van der Waals surface area contributed by atoms with Gasteiger partial charge >= 0.3 is 0 Å². The van der Waals surface area contributed by atoms with E-state index in [2.05, 4.69) is 18.2 Å². The summed E-state index contributed by atoms with van der Waals surface area (Å²) >= 11 is 0. The first-order chi connectivity index (χ1) is 10.0. The lowest BCUT2D eigenvalue weighted by Gasteiger charge is -2.04. The average molecular weight is 280 g/mol. The number of amidine groups is 1. The summed E-state index contributed by atoms with van der Waals surface area (Å²) in [7, 11) is 0. The zero-order chi connectivity index (χ0) is 15.4. The van der Waals surface area contributed by atoms with Crippen LogP contribution < -0.4 is 11.2 Å². The van der Waals surface area contributed by atoms with Gasteiger partial charge in [0.2, 0.25) is 0 Å². The molecule has 1 aromatic carbocycles. The lowest BCUT2D eigenvalue weighted by molar-refractivity contribution is 0.587. The van der Waals surface area contributed by atoms with Gasteiger partial charge in [-0.15, -0.1) is 0 Å². The van der Waals surface area contributed by atoms with E-state index >= 15 is 0 Å². The highest BCUT2D eigenvalue weighted by molar-refractivity contribution is 5.85. The fourth-order valence-electron chi connectivity index (χ4n) is 1.94. The maximum Gasteiger partial charge on any atom is 0.193 e. The lowest BCUT2D eigenvalue weighted by Crippen LogP contribution is -2.04. The van der Waals surface area contributed by atoms with Crippen LogP contribution in [0, 0.1) is 0 Å². The first-order valence-corrected chi connectivity index (χ1v) is 6.39. The Labute approximate surface area is 122 Å². The normalized spacial score (nSPS) is 12.4. The molecule has 0 aliphatic carbocycles. The van der Waals surface area contributed by atoms with E-state index in [1.807, 2.05) is 0 Å². The molecule has 106 valence electrons. The van der Waals surface area contributed by atoms with Crippen LogP contribution in [-0.4, -0.2) is 5.84 Å². The second kappa shape index (κ2) is 6.05. The SMILES string of the molecule is C=C/C=C(\C=C)c1cc(=O)c2cc(N=C(C)N)ccc2o1. The van der Waals surface area contributed by atoms with Crippen LogP contribution in [0.1, 0.15) is 12.7 Å². The molecular weight excluding hydrogens is 264 g/mol. The van der Waals surface area contributed by atoms with Crippen molar-refractivity contribution in [2.45, 2.75) is 6.92 Å². The maximum absolute atomic E-state index is 12.2. The molecule has 2 aromatic rings. The maximum atomic E-state index is 12.2. The van der Waals surface area contributed by atoms with Crippen LogP contribution >= 0.6 is 0 Å². The fourth-order valence-corrected chi connectivity index (χ4v) is 1.94. The van der Waals surface area contributed by atoms with E-state index in [4.69, 9.17) is 10.2 Å². The Bertz CT molecular complexity index is 822. The molecule has 0 radical (unpaired) electrons. The number of rotatable bonds is 4. The molecule has 4 nitrogen and oxygen atoms in total. The number of allylic oxidation sites excluding steroid dienone is 4. The third-order valence-corrected chi connectivity index (χ3v) is 2.82. The monoisotopic (exact) mass is 280 g/mol. The molecule has 0 saturated carbocycles. The largest absolute Gasteiger partial charge is 0.456 e. The van der Waals surface area contributed by atoms with Gasteiger partial charge in [0.1, 0.15) is 11.3 Å². The first-order valence-electron chi connectivity index (χ1n) is 6.39. The number of benzene rings is 1. The highest BCUT2D eigenvalue weighted by atomic mass is 16.3. The Hall–Kier alpha value is -2.88. The third-order valence-electron chi connectivity index (χ3n) is 2.82. The molecule has 0 amide bonds. The molecule has 21 heavy (non-hydrogen) atoms. The summed E-state index contributed by atoms with van der Waals surface area (Å²) in [5.41, 5.74) is 7.20. The molecule has 4 heteroatoms. The Morgan fingerprint density at radius 2 is 2.10 bits per heavy atom. The molecule has 0 atom stereocenters. The third kappa shape index (κ3) is 3.17. The number of nitrogens with zero attached hydrogens (tertiary/aromatic N) is 1. The van der Waals surface area contributed by atoms with Gasteiger partial charge in [-0.1, -0.05) is 31.4 Å². The Morgan fingerprint density at radius 1 is 1.33 bits per heavy atom. The minimum absolute atomic E-state index is 0.144. The lowest BCUT2D eigenvalue weighted by atomic mass is 10.1. The Balaban J connectivity index is 2.66. The van der Waals surface area contributed by atoms with E-state index in [0.717, 1.165) is 0 Å². The van der Waals surface area contributed by atoms with Crippen molar-refractivity contribution in [1.29, 1.82) is 0 Å². The zero-order valence-corrected chi connectivity index (χ0v) is 11.8. The molecule has 0 saturated heterocycles. The molecule has 0 bridgehead atoms. The first kappa shape index (κ1) is 14.5. The van der Waals surface area contributed by atoms with Gasteiger partial charge in [-0.3, -0.25) is 4.79 Å². The quantitative estimate of drug-likeness (QED) is 0.529.